The zero-order valence-electron chi connectivity index (χ0n) is 13.4. The third kappa shape index (κ3) is 3.97. The molecule has 2 N–H and O–H groups in total. The van der Waals surface area contributed by atoms with Crippen LogP contribution in [0, 0.1) is 10.1 Å². The van der Waals surface area contributed by atoms with Gasteiger partial charge in [-0.15, -0.1) is 0 Å². The first-order valence-corrected chi connectivity index (χ1v) is 8.11. The van der Waals surface area contributed by atoms with E-state index in [4.69, 9.17) is 17.3 Å². The van der Waals surface area contributed by atoms with Crippen molar-refractivity contribution in [2.75, 3.05) is 31.1 Å². The van der Waals surface area contributed by atoms with Crippen LogP contribution in [0.15, 0.2) is 47.6 Å². The molecule has 1 aliphatic rings. The Morgan fingerprint density at radius 3 is 2.68 bits per heavy atom. The maximum Gasteiger partial charge on any atom is 0.313 e. The predicted molar refractivity (Wildman–Crippen MR) is 97.4 cm³/mol. The molecule has 0 unspecified atom stereocenters. The van der Waals surface area contributed by atoms with Gasteiger partial charge in [-0.3, -0.25) is 10.1 Å². The number of rotatable bonds is 3. The second-order valence-corrected chi connectivity index (χ2v) is 5.96. The smallest absolute Gasteiger partial charge is 0.313 e. The molecule has 0 aliphatic carbocycles. The van der Waals surface area contributed by atoms with Gasteiger partial charge in [-0.25, -0.2) is 4.98 Å². The van der Waals surface area contributed by atoms with Crippen molar-refractivity contribution in [2.24, 2.45) is 10.7 Å². The molecule has 0 radical (unpaired) electrons. The molecule has 1 aromatic carbocycles. The number of benzene rings is 1. The summed E-state index contributed by atoms with van der Waals surface area (Å²) in [5.74, 6) is 0.245. The van der Waals surface area contributed by atoms with Gasteiger partial charge in [0.05, 0.1) is 4.92 Å². The fourth-order valence-corrected chi connectivity index (χ4v) is 2.85. The maximum atomic E-state index is 11.0. The van der Waals surface area contributed by atoms with Gasteiger partial charge in [-0.1, -0.05) is 17.7 Å². The lowest BCUT2D eigenvalue weighted by Crippen LogP contribution is -2.51. The van der Waals surface area contributed by atoms with E-state index < -0.39 is 4.92 Å². The molecule has 9 heteroatoms. The summed E-state index contributed by atoms with van der Waals surface area (Å²) in [6, 6.07) is 10.5. The second-order valence-electron chi connectivity index (χ2n) is 5.53. The van der Waals surface area contributed by atoms with Gasteiger partial charge in [0.15, 0.2) is 5.96 Å². The summed E-state index contributed by atoms with van der Waals surface area (Å²) >= 11 is 6.04. The van der Waals surface area contributed by atoms with Crippen LogP contribution in [0.4, 0.5) is 17.2 Å². The van der Waals surface area contributed by atoms with Crippen LogP contribution in [0.3, 0.4) is 0 Å². The molecule has 1 fully saturated rings. The Morgan fingerprint density at radius 1 is 1.24 bits per heavy atom. The van der Waals surface area contributed by atoms with Crippen molar-refractivity contribution in [1.29, 1.82) is 0 Å². The summed E-state index contributed by atoms with van der Waals surface area (Å²) in [6.07, 6.45) is 1.45. The van der Waals surface area contributed by atoms with Crippen LogP contribution >= 0.6 is 11.6 Å². The van der Waals surface area contributed by atoms with E-state index in [0.717, 1.165) is 18.8 Å². The fraction of sp³-hybridized carbons (Fsp3) is 0.250. The molecule has 0 atom stereocenters. The minimum atomic E-state index is -0.518. The summed E-state index contributed by atoms with van der Waals surface area (Å²) in [4.78, 5) is 22.7. The van der Waals surface area contributed by atoms with E-state index in [1.165, 1.54) is 18.3 Å². The Balaban J connectivity index is 1.69. The Bertz CT molecular complexity index is 805. The first kappa shape index (κ1) is 17.0. The Kier molecular flexibility index (Phi) is 4.99. The average molecular weight is 361 g/mol. The van der Waals surface area contributed by atoms with Crippen molar-refractivity contribution in [3.63, 3.8) is 0 Å². The average Bonchev–Trinajstić information content (AvgIpc) is 2.62. The van der Waals surface area contributed by atoms with Gasteiger partial charge in [0.25, 0.3) is 0 Å². The van der Waals surface area contributed by atoms with E-state index in [2.05, 4.69) is 14.9 Å². The predicted octanol–water partition coefficient (Wildman–Crippen LogP) is 2.41. The number of hydrogen-bond donors (Lipinski definition) is 1. The lowest BCUT2D eigenvalue weighted by molar-refractivity contribution is -0.384. The number of piperazine rings is 1. The van der Waals surface area contributed by atoms with Gasteiger partial charge in [-0.05, 0) is 24.3 Å². The lowest BCUT2D eigenvalue weighted by Gasteiger charge is -2.36. The summed E-state index contributed by atoms with van der Waals surface area (Å²) in [5, 5.41) is 11.7. The molecule has 1 aromatic heterocycles. The number of pyridine rings is 1. The molecule has 0 bridgehead atoms. The number of anilines is 1. The fourth-order valence-electron chi connectivity index (χ4n) is 2.66. The van der Waals surface area contributed by atoms with Crippen molar-refractivity contribution in [1.82, 2.24) is 9.88 Å². The van der Waals surface area contributed by atoms with Gasteiger partial charge in [0.2, 0.25) is 5.82 Å². The van der Waals surface area contributed by atoms with Crippen LogP contribution in [0.2, 0.25) is 5.02 Å². The van der Waals surface area contributed by atoms with Gasteiger partial charge in [-0.2, -0.15) is 4.99 Å². The van der Waals surface area contributed by atoms with Crippen molar-refractivity contribution < 1.29 is 4.92 Å². The first-order chi connectivity index (χ1) is 12.0. The van der Waals surface area contributed by atoms with Crippen LogP contribution in [-0.2, 0) is 0 Å². The van der Waals surface area contributed by atoms with Crippen molar-refractivity contribution in [3.8, 4) is 0 Å². The molecule has 8 nitrogen and oxygen atoms in total. The van der Waals surface area contributed by atoms with E-state index >= 15 is 0 Å². The minimum Gasteiger partial charge on any atom is -0.369 e. The zero-order valence-corrected chi connectivity index (χ0v) is 14.1. The standard InChI is InChI=1S/C16H17ClN6O2/c17-12-3-1-4-13(11-12)21-7-9-22(10-8-21)16(18)20-15-14(23(24)25)5-2-6-19-15/h1-6,11H,7-10H2,(H2,18,19,20). The molecule has 1 aliphatic heterocycles. The minimum absolute atomic E-state index is 0.0160. The number of nitrogens with zero attached hydrogens (tertiary/aromatic N) is 5. The number of aliphatic imine (C=N–C) groups is 1. The summed E-state index contributed by atoms with van der Waals surface area (Å²) in [6.45, 7) is 2.81. The topological polar surface area (TPSA) is 101 Å². The van der Waals surface area contributed by atoms with Crippen molar-refractivity contribution in [3.05, 3.63) is 57.7 Å². The Hall–Kier alpha value is -2.87. The van der Waals surface area contributed by atoms with E-state index in [1.807, 2.05) is 29.2 Å². The molecule has 0 spiro atoms. The quantitative estimate of drug-likeness (QED) is 0.390. The highest BCUT2D eigenvalue weighted by molar-refractivity contribution is 6.30. The highest BCUT2D eigenvalue weighted by Crippen LogP contribution is 2.24. The summed E-state index contributed by atoms with van der Waals surface area (Å²) in [5.41, 5.74) is 6.93. The highest BCUT2D eigenvalue weighted by atomic mass is 35.5. The second kappa shape index (κ2) is 7.35. The molecule has 3 rings (SSSR count). The van der Waals surface area contributed by atoms with E-state index in [9.17, 15) is 10.1 Å². The molecule has 2 heterocycles. The molecular formula is C16H17ClN6O2. The molecule has 25 heavy (non-hydrogen) atoms. The van der Waals surface area contributed by atoms with Crippen LogP contribution in [-0.4, -0.2) is 46.9 Å². The summed E-state index contributed by atoms with van der Waals surface area (Å²) in [7, 11) is 0. The van der Waals surface area contributed by atoms with Crippen molar-refractivity contribution in [2.45, 2.75) is 0 Å². The van der Waals surface area contributed by atoms with Crippen LogP contribution < -0.4 is 10.6 Å². The number of nitrogens with two attached hydrogens (primary N) is 1. The third-order valence-corrected chi connectivity index (χ3v) is 4.20. The summed E-state index contributed by atoms with van der Waals surface area (Å²) < 4.78 is 0. The zero-order chi connectivity index (χ0) is 17.8. The van der Waals surface area contributed by atoms with E-state index in [-0.39, 0.29) is 17.5 Å². The number of guanidine groups is 1. The number of aromatic nitrogens is 1. The lowest BCUT2D eigenvalue weighted by atomic mass is 10.2. The molecule has 0 amide bonds. The first-order valence-electron chi connectivity index (χ1n) is 7.73. The Morgan fingerprint density at radius 2 is 2.00 bits per heavy atom. The monoisotopic (exact) mass is 360 g/mol. The third-order valence-electron chi connectivity index (χ3n) is 3.96. The van der Waals surface area contributed by atoms with Crippen LogP contribution in [0.1, 0.15) is 0 Å². The van der Waals surface area contributed by atoms with Gasteiger partial charge >= 0.3 is 5.69 Å². The van der Waals surface area contributed by atoms with Gasteiger partial charge in [0.1, 0.15) is 0 Å². The van der Waals surface area contributed by atoms with Crippen molar-refractivity contribution >= 4 is 34.8 Å². The van der Waals surface area contributed by atoms with Crippen LogP contribution in [0.5, 0.6) is 0 Å². The molecule has 0 saturated carbocycles. The maximum absolute atomic E-state index is 11.0. The van der Waals surface area contributed by atoms with E-state index in [0.29, 0.717) is 18.1 Å². The Labute approximate surface area is 149 Å². The molecular weight excluding hydrogens is 344 g/mol. The largest absolute Gasteiger partial charge is 0.369 e. The van der Waals surface area contributed by atoms with Gasteiger partial charge in [0, 0.05) is 49.2 Å². The highest BCUT2D eigenvalue weighted by Gasteiger charge is 2.20. The number of hydrogen-bond acceptors (Lipinski definition) is 5. The molecule has 130 valence electrons. The molecule has 2 aromatic rings. The normalized spacial score (nSPS) is 15.3. The number of halogens is 1. The van der Waals surface area contributed by atoms with Gasteiger partial charge < -0.3 is 15.5 Å². The molecule has 1 saturated heterocycles. The SMILES string of the molecule is N/C(=N\c1ncccc1[N+](=O)[O-])N1CCN(c2cccc(Cl)c2)CC1. The van der Waals surface area contributed by atoms with E-state index in [1.54, 1.807) is 0 Å². The number of nitro groups is 1. The van der Waals surface area contributed by atoms with Crippen LogP contribution in [0.25, 0.3) is 0 Å².